The first-order valence-corrected chi connectivity index (χ1v) is 4.90. The highest BCUT2D eigenvalue weighted by Crippen LogP contribution is 2.12. The van der Waals surface area contributed by atoms with Gasteiger partial charge in [-0.05, 0) is 37.1 Å². The van der Waals surface area contributed by atoms with E-state index in [9.17, 15) is 0 Å². The average Bonchev–Trinajstić information content (AvgIpc) is 2.65. The fourth-order valence-corrected chi connectivity index (χ4v) is 1.38. The lowest BCUT2D eigenvalue weighted by molar-refractivity contribution is 0.796. The molecule has 0 saturated heterocycles. The smallest absolute Gasteiger partial charge is 0.153 e. The van der Waals surface area contributed by atoms with Crippen molar-refractivity contribution in [1.82, 2.24) is 14.8 Å². The van der Waals surface area contributed by atoms with Crippen molar-refractivity contribution in [2.24, 2.45) is 5.73 Å². The van der Waals surface area contributed by atoms with E-state index < -0.39 is 0 Å². The van der Waals surface area contributed by atoms with Gasteiger partial charge in [-0.15, -0.1) is 0 Å². The minimum atomic E-state index is 0.0170. The van der Waals surface area contributed by atoms with Gasteiger partial charge in [-0.25, -0.2) is 9.67 Å². The summed E-state index contributed by atoms with van der Waals surface area (Å²) in [6, 6.07) is 3.89. The maximum absolute atomic E-state index is 5.81. The normalized spacial score (nSPS) is 12.7. The zero-order chi connectivity index (χ0) is 10.8. The SMILES string of the molecule is Cc1cnn(-c2cc([C@H](C)N)ccn2)c1. The van der Waals surface area contributed by atoms with Crippen molar-refractivity contribution in [3.05, 3.63) is 41.9 Å². The highest BCUT2D eigenvalue weighted by atomic mass is 15.3. The van der Waals surface area contributed by atoms with Gasteiger partial charge in [-0.2, -0.15) is 5.10 Å². The zero-order valence-electron chi connectivity index (χ0n) is 8.88. The monoisotopic (exact) mass is 202 g/mol. The Morgan fingerprint density at radius 1 is 1.47 bits per heavy atom. The van der Waals surface area contributed by atoms with Gasteiger partial charge in [-0.1, -0.05) is 0 Å². The van der Waals surface area contributed by atoms with Crippen molar-refractivity contribution in [2.45, 2.75) is 19.9 Å². The first-order valence-electron chi connectivity index (χ1n) is 4.90. The molecule has 0 radical (unpaired) electrons. The van der Waals surface area contributed by atoms with E-state index in [-0.39, 0.29) is 6.04 Å². The Balaban J connectivity index is 2.41. The van der Waals surface area contributed by atoms with Gasteiger partial charge >= 0.3 is 0 Å². The molecule has 0 amide bonds. The molecule has 0 aromatic carbocycles. The van der Waals surface area contributed by atoms with Crippen LogP contribution in [0.25, 0.3) is 5.82 Å². The molecule has 4 heteroatoms. The van der Waals surface area contributed by atoms with Gasteiger partial charge < -0.3 is 5.73 Å². The lowest BCUT2D eigenvalue weighted by Crippen LogP contribution is -2.07. The maximum atomic E-state index is 5.81. The third kappa shape index (κ3) is 2.05. The number of aryl methyl sites for hydroxylation is 1. The van der Waals surface area contributed by atoms with E-state index >= 15 is 0 Å². The molecule has 0 fully saturated rings. The standard InChI is InChI=1S/C11H14N4/c1-8-6-14-15(7-8)11-5-10(9(2)12)3-4-13-11/h3-7,9H,12H2,1-2H3/t9-/m0/s1. The van der Waals surface area contributed by atoms with Crippen molar-refractivity contribution in [3.8, 4) is 5.82 Å². The molecule has 2 N–H and O–H groups in total. The molecule has 1 atom stereocenters. The molecular formula is C11H14N4. The van der Waals surface area contributed by atoms with Gasteiger partial charge in [0.05, 0.1) is 6.20 Å². The number of aromatic nitrogens is 3. The molecule has 2 aromatic rings. The van der Waals surface area contributed by atoms with Crippen molar-refractivity contribution in [3.63, 3.8) is 0 Å². The number of hydrogen-bond donors (Lipinski definition) is 1. The summed E-state index contributed by atoms with van der Waals surface area (Å²) in [6.07, 6.45) is 5.50. The third-order valence-corrected chi connectivity index (χ3v) is 2.24. The van der Waals surface area contributed by atoms with E-state index in [0.29, 0.717) is 0 Å². The minimum absolute atomic E-state index is 0.0170. The summed E-state index contributed by atoms with van der Waals surface area (Å²) in [4.78, 5) is 4.25. The van der Waals surface area contributed by atoms with Gasteiger partial charge in [0, 0.05) is 18.4 Å². The Hall–Kier alpha value is -1.68. The van der Waals surface area contributed by atoms with Crippen molar-refractivity contribution in [2.75, 3.05) is 0 Å². The summed E-state index contributed by atoms with van der Waals surface area (Å²) >= 11 is 0. The number of pyridine rings is 1. The first-order chi connectivity index (χ1) is 7.16. The highest BCUT2D eigenvalue weighted by Gasteiger charge is 2.03. The molecule has 2 rings (SSSR count). The third-order valence-electron chi connectivity index (χ3n) is 2.24. The second-order valence-electron chi connectivity index (χ2n) is 3.70. The molecule has 0 spiro atoms. The Bertz CT molecular complexity index is 459. The second-order valence-corrected chi connectivity index (χ2v) is 3.70. The van der Waals surface area contributed by atoms with Crippen LogP contribution in [0.15, 0.2) is 30.7 Å². The number of hydrogen-bond acceptors (Lipinski definition) is 3. The Morgan fingerprint density at radius 3 is 2.87 bits per heavy atom. The predicted octanol–water partition coefficient (Wildman–Crippen LogP) is 1.60. The fourth-order valence-electron chi connectivity index (χ4n) is 1.38. The van der Waals surface area contributed by atoms with Gasteiger partial charge in [0.1, 0.15) is 0 Å². The van der Waals surface area contributed by atoms with Crippen LogP contribution in [-0.4, -0.2) is 14.8 Å². The average molecular weight is 202 g/mol. The fraction of sp³-hybridized carbons (Fsp3) is 0.273. The van der Waals surface area contributed by atoms with Crippen LogP contribution in [0.1, 0.15) is 24.1 Å². The van der Waals surface area contributed by atoms with Crippen molar-refractivity contribution >= 4 is 0 Å². The topological polar surface area (TPSA) is 56.7 Å². The van der Waals surface area contributed by atoms with Crippen LogP contribution in [0.3, 0.4) is 0 Å². The number of nitrogens with two attached hydrogens (primary N) is 1. The van der Waals surface area contributed by atoms with E-state index in [2.05, 4.69) is 10.1 Å². The van der Waals surface area contributed by atoms with Crippen LogP contribution in [0.2, 0.25) is 0 Å². The van der Waals surface area contributed by atoms with Crippen LogP contribution in [-0.2, 0) is 0 Å². The quantitative estimate of drug-likeness (QED) is 0.804. The molecule has 15 heavy (non-hydrogen) atoms. The molecule has 0 aliphatic rings. The molecule has 0 aliphatic heterocycles. The van der Waals surface area contributed by atoms with Crippen LogP contribution in [0.5, 0.6) is 0 Å². The van der Waals surface area contributed by atoms with Crippen molar-refractivity contribution < 1.29 is 0 Å². The maximum Gasteiger partial charge on any atom is 0.153 e. The summed E-state index contributed by atoms with van der Waals surface area (Å²) < 4.78 is 1.75. The van der Waals surface area contributed by atoms with E-state index in [0.717, 1.165) is 16.9 Å². The number of nitrogens with zero attached hydrogens (tertiary/aromatic N) is 3. The van der Waals surface area contributed by atoms with Crippen molar-refractivity contribution in [1.29, 1.82) is 0 Å². The summed E-state index contributed by atoms with van der Waals surface area (Å²) in [7, 11) is 0. The Labute approximate surface area is 88.8 Å². The molecule has 0 aliphatic carbocycles. The van der Waals surface area contributed by atoms with Crippen LogP contribution in [0.4, 0.5) is 0 Å². The van der Waals surface area contributed by atoms with Crippen LogP contribution < -0.4 is 5.73 Å². The summed E-state index contributed by atoms with van der Waals surface area (Å²) in [5.41, 5.74) is 7.99. The molecule has 0 unspecified atom stereocenters. The molecular weight excluding hydrogens is 188 g/mol. The van der Waals surface area contributed by atoms with Crippen LogP contribution >= 0.6 is 0 Å². The predicted molar refractivity (Wildman–Crippen MR) is 58.7 cm³/mol. The highest BCUT2D eigenvalue weighted by molar-refractivity contribution is 5.29. The summed E-state index contributed by atoms with van der Waals surface area (Å²) in [5.74, 6) is 0.804. The molecule has 4 nitrogen and oxygen atoms in total. The lowest BCUT2D eigenvalue weighted by Gasteiger charge is -2.06. The van der Waals surface area contributed by atoms with Gasteiger partial charge in [-0.3, -0.25) is 0 Å². The zero-order valence-corrected chi connectivity index (χ0v) is 8.88. The van der Waals surface area contributed by atoms with E-state index in [1.54, 1.807) is 17.1 Å². The molecule has 78 valence electrons. The second kappa shape index (κ2) is 3.82. The first kappa shape index (κ1) is 9.86. The van der Waals surface area contributed by atoms with Crippen LogP contribution in [0, 0.1) is 6.92 Å². The molecule has 2 aromatic heterocycles. The lowest BCUT2D eigenvalue weighted by atomic mass is 10.1. The summed E-state index contributed by atoms with van der Waals surface area (Å²) in [5, 5.41) is 4.20. The number of rotatable bonds is 2. The molecule has 2 heterocycles. The summed E-state index contributed by atoms with van der Waals surface area (Å²) in [6.45, 7) is 3.95. The largest absolute Gasteiger partial charge is 0.324 e. The van der Waals surface area contributed by atoms with Gasteiger partial charge in [0.25, 0.3) is 0 Å². The molecule has 0 saturated carbocycles. The Kier molecular flexibility index (Phi) is 2.51. The Morgan fingerprint density at radius 2 is 2.27 bits per heavy atom. The van der Waals surface area contributed by atoms with E-state index in [1.807, 2.05) is 32.2 Å². The van der Waals surface area contributed by atoms with Gasteiger partial charge in [0.2, 0.25) is 0 Å². The molecule has 0 bridgehead atoms. The van der Waals surface area contributed by atoms with E-state index in [4.69, 9.17) is 5.73 Å². The van der Waals surface area contributed by atoms with Gasteiger partial charge in [0.15, 0.2) is 5.82 Å². The minimum Gasteiger partial charge on any atom is -0.324 e. The van der Waals surface area contributed by atoms with E-state index in [1.165, 1.54) is 0 Å².